The van der Waals surface area contributed by atoms with Crippen LogP contribution in [0.2, 0.25) is 0 Å². The van der Waals surface area contributed by atoms with Crippen LogP contribution in [-0.2, 0) is 17.6 Å². The van der Waals surface area contributed by atoms with Crippen molar-refractivity contribution in [1.29, 1.82) is 0 Å². The molecule has 0 aliphatic carbocycles. The van der Waals surface area contributed by atoms with Crippen LogP contribution < -0.4 is 0 Å². The summed E-state index contributed by atoms with van der Waals surface area (Å²) in [6.45, 7) is 0. The van der Waals surface area contributed by atoms with Gasteiger partial charge in [-0.3, -0.25) is 0 Å². The average molecular weight is 611 g/mol. The second kappa shape index (κ2) is 15.1. The van der Waals surface area contributed by atoms with Gasteiger partial charge in [-0.2, -0.15) is 0 Å². The van der Waals surface area contributed by atoms with Crippen molar-refractivity contribution in [2.75, 3.05) is 0 Å². The van der Waals surface area contributed by atoms with Gasteiger partial charge in [0.05, 0.1) is 24.4 Å². The van der Waals surface area contributed by atoms with Crippen molar-refractivity contribution >= 4 is 6.08 Å². The van der Waals surface area contributed by atoms with E-state index in [1.165, 1.54) is 0 Å². The number of aromatic hydroxyl groups is 4. The van der Waals surface area contributed by atoms with E-state index in [9.17, 15) is 30.6 Å². The zero-order valence-corrected chi connectivity index (χ0v) is 25.2. The topological polar surface area (TPSA) is 131 Å². The minimum atomic E-state index is -0.721. The van der Waals surface area contributed by atoms with Crippen molar-refractivity contribution in [3.05, 3.63) is 125 Å². The molecule has 1 saturated heterocycles. The van der Waals surface area contributed by atoms with E-state index in [1.54, 1.807) is 48.5 Å². The zero-order chi connectivity index (χ0) is 31.8. The highest BCUT2D eigenvalue weighted by Gasteiger charge is 2.42. The Morgan fingerprint density at radius 1 is 0.689 bits per heavy atom. The Hall–Kier alpha value is -4.30. The van der Waals surface area contributed by atoms with Gasteiger partial charge >= 0.3 is 0 Å². The number of rotatable bonds is 12. The summed E-state index contributed by atoms with van der Waals surface area (Å²) in [4.78, 5) is 0. The molecular weight excluding hydrogens is 568 g/mol. The molecule has 0 aromatic heterocycles. The van der Waals surface area contributed by atoms with Crippen LogP contribution in [0, 0.1) is 11.8 Å². The second-order valence-electron chi connectivity index (χ2n) is 12.1. The number of benzene rings is 4. The lowest BCUT2D eigenvalue weighted by Gasteiger charge is -2.44. The molecule has 5 rings (SSSR count). The van der Waals surface area contributed by atoms with Crippen LogP contribution in [-0.4, -0.2) is 49.0 Å². The van der Waals surface area contributed by atoms with Crippen molar-refractivity contribution in [2.24, 2.45) is 11.8 Å². The van der Waals surface area contributed by atoms with Gasteiger partial charge in [-0.05, 0) is 115 Å². The Morgan fingerprint density at radius 2 is 1.20 bits per heavy atom. The normalized spacial score (nSPS) is 21.5. The highest BCUT2D eigenvalue weighted by Crippen LogP contribution is 2.44. The first kappa shape index (κ1) is 32.1. The average Bonchev–Trinajstić information content (AvgIpc) is 3.03. The van der Waals surface area contributed by atoms with Gasteiger partial charge in [0.15, 0.2) is 0 Å². The molecule has 4 aromatic rings. The fraction of sp³-hybridized carbons (Fsp3) is 0.316. The van der Waals surface area contributed by atoms with E-state index in [4.69, 9.17) is 4.74 Å². The van der Waals surface area contributed by atoms with Gasteiger partial charge in [-0.1, -0.05) is 60.7 Å². The molecule has 4 aromatic carbocycles. The van der Waals surface area contributed by atoms with E-state index < -0.39 is 18.3 Å². The highest BCUT2D eigenvalue weighted by molar-refractivity contribution is 5.51. The molecule has 45 heavy (non-hydrogen) atoms. The number of aryl methyl sites for hydroxylation is 2. The summed E-state index contributed by atoms with van der Waals surface area (Å²) in [5.41, 5.74) is 3.81. The number of aliphatic hydroxyl groups is 2. The van der Waals surface area contributed by atoms with Crippen LogP contribution in [0.1, 0.15) is 54.0 Å². The first-order valence-electron chi connectivity index (χ1n) is 15.6. The molecule has 0 bridgehead atoms. The molecule has 236 valence electrons. The van der Waals surface area contributed by atoms with E-state index >= 15 is 0 Å². The van der Waals surface area contributed by atoms with Crippen LogP contribution in [0.15, 0.2) is 103 Å². The smallest absolute Gasteiger partial charge is 0.115 e. The van der Waals surface area contributed by atoms with Crippen LogP contribution in [0.25, 0.3) is 6.08 Å². The fourth-order valence-electron chi connectivity index (χ4n) is 6.24. The van der Waals surface area contributed by atoms with E-state index in [1.807, 2.05) is 60.7 Å². The molecule has 7 nitrogen and oxygen atoms in total. The number of ether oxygens (including phenoxy) is 1. The van der Waals surface area contributed by atoms with Gasteiger partial charge in [-0.25, -0.2) is 0 Å². The van der Waals surface area contributed by atoms with Crippen molar-refractivity contribution in [3.63, 3.8) is 0 Å². The quantitative estimate of drug-likeness (QED) is 0.106. The Morgan fingerprint density at radius 3 is 1.78 bits per heavy atom. The SMILES string of the molecule is Oc1ccc(C=CC(CC(O)CCc2ccc(O)cc2)C2C(O)CC(CCc3ccc(O)cc3)OC2c2ccc(O)cc2)cc1. The molecule has 0 radical (unpaired) electrons. The maximum absolute atomic E-state index is 11.8. The van der Waals surface area contributed by atoms with Crippen molar-refractivity contribution < 1.29 is 35.4 Å². The Balaban J connectivity index is 1.39. The molecule has 6 N–H and O–H groups in total. The predicted octanol–water partition coefficient (Wildman–Crippen LogP) is 6.66. The Labute approximate surface area is 264 Å². The lowest BCUT2D eigenvalue weighted by molar-refractivity contribution is -0.153. The molecule has 0 saturated carbocycles. The summed E-state index contributed by atoms with van der Waals surface area (Å²) in [6.07, 6.45) is 5.28. The van der Waals surface area contributed by atoms with E-state index in [2.05, 4.69) is 0 Å². The number of allylic oxidation sites excluding steroid dienone is 1. The third kappa shape index (κ3) is 9.11. The number of hydrogen-bond acceptors (Lipinski definition) is 7. The largest absolute Gasteiger partial charge is 0.508 e. The molecule has 1 aliphatic rings. The number of phenolic OH excluding ortho intramolecular Hbond substituents is 4. The zero-order valence-electron chi connectivity index (χ0n) is 25.2. The molecule has 0 spiro atoms. The van der Waals surface area contributed by atoms with Gasteiger partial charge in [0.25, 0.3) is 0 Å². The maximum Gasteiger partial charge on any atom is 0.115 e. The lowest BCUT2D eigenvalue weighted by Crippen LogP contribution is -2.43. The van der Waals surface area contributed by atoms with Crippen LogP contribution in [0.3, 0.4) is 0 Å². The molecule has 0 amide bonds. The van der Waals surface area contributed by atoms with Crippen LogP contribution in [0.4, 0.5) is 0 Å². The molecule has 7 heteroatoms. The summed E-state index contributed by atoms with van der Waals surface area (Å²) in [5.74, 6) is 0.0948. The van der Waals surface area contributed by atoms with Gasteiger partial charge in [0.2, 0.25) is 0 Å². The molecule has 1 aliphatic heterocycles. The predicted molar refractivity (Wildman–Crippen MR) is 174 cm³/mol. The summed E-state index contributed by atoms with van der Waals surface area (Å²) in [5, 5.41) is 62.0. The van der Waals surface area contributed by atoms with Crippen molar-refractivity contribution in [1.82, 2.24) is 0 Å². The first-order valence-corrected chi connectivity index (χ1v) is 15.6. The molecular formula is C38H42O7. The second-order valence-corrected chi connectivity index (χ2v) is 12.1. The van der Waals surface area contributed by atoms with E-state index in [0.717, 1.165) is 28.7 Å². The summed E-state index contributed by atoms with van der Waals surface area (Å²) >= 11 is 0. The first-order chi connectivity index (χ1) is 21.7. The van der Waals surface area contributed by atoms with E-state index in [-0.39, 0.29) is 40.9 Å². The van der Waals surface area contributed by atoms with Crippen molar-refractivity contribution in [2.45, 2.75) is 62.9 Å². The molecule has 6 unspecified atom stereocenters. The minimum absolute atomic E-state index is 0.143. The number of aliphatic hydroxyl groups excluding tert-OH is 2. The standard InChI is InChI=1S/C38H42O7/c39-30-13-2-25(3-14-30)1-10-29(23-34(43)19-8-26-4-15-31(40)16-5-26)37-36(44)24-35(22-9-27-6-17-32(41)18-7-27)45-38(37)28-11-20-33(42)21-12-28/h1-7,10-18,20-21,29,34-44H,8-9,19,22-24H2. The highest BCUT2D eigenvalue weighted by atomic mass is 16.5. The maximum atomic E-state index is 11.8. The van der Waals surface area contributed by atoms with Gasteiger partial charge in [0.1, 0.15) is 23.0 Å². The third-order valence-corrected chi connectivity index (χ3v) is 8.72. The lowest BCUT2D eigenvalue weighted by atomic mass is 9.73. The Bertz CT molecular complexity index is 1500. The molecule has 1 heterocycles. The number of phenols is 4. The molecule has 6 atom stereocenters. The van der Waals surface area contributed by atoms with Gasteiger partial charge in [0, 0.05) is 5.92 Å². The monoisotopic (exact) mass is 610 g/mol. The molecule has 1 fully saturated rings. The summed E-state index contributed by atoms with van der Waals surface area (Å²) in [6, 6.07) is 27.8. The minimum Gasteiger partial charge on any atom is -0.508 e. The number of hydrogen-bond donors (Lipinski definition) is 6. The summed E-state index contributed by atoms with van der Waals surface area (Å²) < 4.78 is 6.75. The Kier molecular flexibility index (Phi) is 10.8. The van der Waals surface area contributed by atoms with Crippen LogP contribution >= 0.6 is 0 Å². The summed E-state index contributed by atoms with van der Waals surface area (Å²) in [7, 11) is 0. The van der Waals surface area contributed by atoms with Gasteiger partial charge < -0.3 is 35.4 Å². The van der Waals surface area contributed by atoms with Crippen LogP contribution in [0.5, 0.6) is 23.0 Å². The van der Waals surface area contributed by atoms with Gasteiger partial charge in [-0.15, -0.1) is 0 Å². The fourth-order valence-corrected chi connectivity index (χ4v) is 6.24. The van der Waals surface area contributed by atoms with E-state index in [0.29, 0.717) is 32.1 Å². The van der Waals surface area contributed by atoms with Crippen molar-refractivity contribution in [3.8, 4) is 23.0 Å². The third-order valence-electron chi connectivity index (χ3n) is 8.72.